The minimum absolute atomic E-state index is 0.0770. The molecule has 0 aliphatic rings. The van der Waals surface area contributed by atoms with Crippen molar-refractivity contribution in [2.45, 2.75) is 64.1 Å². The lowest BCUT2D eigenvalue weighted by Gasteiger charge is -2.33. The number of amides is 2. The van der Waals surface area contributed by atoms with Crippen molar-refractivity contribution in [3.05, 3.63) is 89.7 Å². The molecule has 41 heavy (non-hydrogen) atoms. The van der Waals surface area contributed by atoms with Crippen molar-refractivity contribution in [3.8, 4) is 5.75 Å². The van der Waals surface area contributed by atoms with Gasteiger partial charge < -0.3 is 15.0 Å². The molecule has 3 aromatic carbocycles. The summed E-state index contributed by atoms with van der Waals surface area (Å²) >= 11 is 0. The van der Waals surface area contributed by atoms with Crippen molar-refractivity contribution in [3.63, 3.8) is 0 Å². The lowest BCUT2D eigenvalue weighted by molar-refractivity contribution is -0.140. The standard InChI is InChI=1S/C31H38FN3O5S/c1-6-23(4)33-31(37)29(7-2)34(20-24-10-16-27(40-5)17-11-24)30(36)21-35(26-14-8-22(3)9-15-26)41(38,39)28-18-12-25(32)13-19-28/h8-19,23,29H,6-7,20-21H2,1-5H3,(H,33,37). The molecule has 3 rings (SSSR count). The number of benzene rings is 3. The summed E-state index contributed by atoms with van der Waals surface area (Å²) in [5.74, 6) is -0.806. The maximum absolute atomic E-state index is 14.1. The van der Waals surface area contributed by atoms with Gasteiger partial charge in [-0.2, -0.15) is 0 Å². The van der Waals surface area contributed by atoms with E-state index in [2.05, 4.69) is 5.32 Å². The lowest BCUT2D eigenvalue weighted by atomic mass is 10.1. The van der Waals surface area contributed by atoms with Gasteiger partial charge >= 0.3 is 0 Å². The first-order valence-corrected chi connectivity index (χ1v) is 15.0. The van der Waals surface area contributed by atoms with Crippen LogP contribution in [0.25, 0.3) is 0 Å². The van der Waals surface area contributed by atoms with E-state index < -0.39 is 34.3 Å². The van der Waals surface area contributed by atoms with Gasteiger partial charge in [0.15, 0.2) is 0 Å². The van der Waals surface area contributed by atoms with Gasteiger partial charge in [-0.15, -0.1) is 0 Å². The van der Waals surface area contributed by atoms with Crippen molar-refractivity contribution in [1.29, 1.82) is 0 Å². The Balaban J connectivity index is 2.05. The minimum atomic E-state index is -4.27. The van der Waals surface area contributed by atoms with Crippen LogP contribution in [0.1, 0.15) is 44.7 Å². The molecule has 3 aromatic rings. The van der Waals surface area contributed by atoms with Crippen LogP contribution in [0.15, 0.2) is 77.7 Å². The SMILES string of the molecule is CCC(C)NC(=O)C(CC)N(Cc1ccc(OC)cc1)C(=O)CN(c1ccc(C)cc1)S(=O)(=O)c1ccc(F)cc1. The third-order valence-corrected chi connectivity index (χ3v) is 8.69. The van der Waals surface area contributed by atoms with Gasteiger partial charge in [0.2, 0.25) is 11.8 Å². The molecule has 0 aliphatic carbocycles. The summed E-state index contributed by atoms with van der Waals surface area (Å²) in [5.41, 5.74) is 1.93. The number of carbonyl (C=O) groups excluding carboxylic acids is 2. The van der Waals surface area contributed by atoms with Crippen LogP contribution in [-0.4, -0.2) is 50.9 Å². The number of rotatable bonds is 13. The molecule has 2 amide bonds. The first-order chi connectivity index (χ1) is 19.5. The molecule has 0 bridgehead atoms. The fourth-order valence-corrected chi connectivity index (χ4v) is 5.68. The van der Waals surface area contributed by atoms with E-state index in [0.717, 1.165) is 27.6 Å². The molecule has 10 heteroatoms. The van der Waals surface area contributed by atoms with Gasteiger partial charge in [0.05, 0.1) is 17.7 Å². The number of aryl methyl sites for hydroxylation is 1. The summed E-state index contributed by atoms with van der Waals surface area (Å²) in [6, 6.07) is 17.4. The Bertz CT molecular complexity index is 1410. The predicted octanol–water partition coefficient (Wildman–Crippen LogP) is 5.06. The van der Waals surface area contributed by atoms with E-state index in [1.54, 1.807) is 55.6 Å². The molecule has 0 aromatic heterocycles. The Kier molecular flexibility index (Phi) is 10.9. The Morgan fingerprint density at radius 2 is 1.54 bits per heavy atom. The largest absolute Gasteiger partial charge is 0.497 e. The molecule has 2 unspecified atom stereocenters. The number of sulfonamides is 1. The third-order valence-electron chi connectivity index (χ3n) is 6.90. The lowest BCUT2D eigenvalue weighted by Crippen LogP contribution is -2.53. The van der Waals surface area contributed by atoms with Crippen molar-refractivity contribution in [2.75, 3.05) is 18.0 Å². The predicted molar refractivity (Wildman–Crippen MR) is 158 cm³/mol. The normalized spacial score (nSPS) is 12.7. The number of hydrogen-bond donors (Lipinski definition) is 1. The summed E-state index contributed by atoms with van der Waals surface area (Å²) in [6.45, 7) is 7.02. The third kappa shape index (κ3) is 8.07. The first kappa shape index (κ1) is 31.6. The van der Waals surface area contributed by atoms with Gasteiger partial charge in [-0.05, 0) is 80.8 Å². The van der Waals surface area contributed by atoms with Crippen LogP contribution in [0.2, 0.25) is 0 Å². The van der Waals surface area contributed by atoms with Crippen molar-refractivity contribution in [1.82, 2.24) is 10.2 Å². The molecular formula is C31H38FN3O5S. The van der Waals surface area contributed by atoms with E-state index >= 15 is 0 Å². The number of hydrogen-bond acceptors (Lipinski definition) is 5. The summed E-state index contributed by atoms with van der Waals surface area (Å²) in [5, 5.41) is 2.95. The Morgan fingerprint density at radius 1 is 0.927 bits per heavy atom. The van der Waals surface area contributed by atoms with Crippen LogP contribution >= 0.6 is 0 Å². The fraction of sp³-hybridized carbons (Fsp3) is 0.355. The van der Waals surface area contributed by atoms with Gasteiger partial charge in [0, 0.05) is 12.6 Å². The number of anilines is 1. The van der Waals surface area contributed by atoms with E-state index in [-0.39, 0.29) is 29.1 Å². The average molecular weight is 584 g/mol. The summed E-state index contributed by atoms with van der Waals surface area (Å²) in [6.07, 6.45) is 1.03. The summed E-state index contributed by atoms with van der Waals surface area (Å²) in [7, 11) is -2.71. The number of ether oxygens (including phenoxy) is 1. The Labute approximate surface area is 242 Å². The average Bonchev–Trinajstić information content (AvgIpc) is 2.96. The maximum atomic E-state index is 14.1. The summed E-state index contributed by atoms with van der Waals surface area (Å²) < 4.78 is 47.5. The molecule has 0 aliphatic heterocycles. The molecule has 220 valence electrons. The summed E-state index contributed by atoms with van der Waals surface area (Å²) in [4.78, 5) is 28.7. The zero-order valence-electron chi connectivity index (χ0n) is 24.1. The first-order valence-electron chi connectivity index (χ1n) is 13.6. The van der Waals surface area contributed by atoms with E-state index in [9.17, 15) is 22.4 Å². The highest BCUT2D eigenvalue weighted by Crippen LogP contribution is 2.26. The fourth-order valence-electron chi connectivity index (χ4n) is 4.26. The van der Waals surface area contributed by atoms with Crippen LogP contribution in [-0.2, 0) is 26.2 Å². The highest BCUT2D eigenvalue weighted by molar-refractivity contribution is 7.92. The number of carbonyl (C=O) groups is 2. The van der Waals surface area contributed by atoms with E-state index in [0.29, 0.717) is 18.6 Å². The van der Waals surface area contributed by atoms with Gasteiger partial charge in [0.25, 0.3) is 10.0 Å². The van der Waals surface area contributed by atoms with Crippen molar-refractivity contribution < 1.29 is 27.1 Å². The zero-order chi connectivity index (χ0) is 30.2. The molecule has 2 atom stereocenters. The number of nitrogens with one attached hydrogen (secondary N) is 1. The van der Waals surface area contributed by atoms with Gasteiger partial charge in [0.1, 0.15) is 24.2 Å². The van der Waals surface area contributed by atoms with Crippen LogP contribution in [0, 0.1) is 12.7 Å². The van der Waals surface area contributed by atoms with Crippen molar-refractivity contribution in [2.24, 2.45) is 0 Å². The number of halogens is 1. The number of methoxy groups -OCH3 is 1. The second-order valence-corrected chi connectivity index (χ2v) is 11.8. The second-order valence-electron chi connectivity index (χ2n) is 9.91. The highest BCUT2D eigenvalue weighted by atomic mass is 32.2. The maximum Gasteiger partial charge on any atom is 0.264 e. The van der Waals surface area contributed by atoms with Crippen LogP contribution in [0.5, 0.6) is 5.75 Å². The quantitative estimate of drug-likeness (QED) is 0.304. The molecule has 0 spiro atoms. The molecule has 0 heterocycles. The van der Waals surface area contributed by atoms with E-state index in [1.807, 2.05) is 27.7 Å². The Hall–Kier alpha value is -3.92. The Morgan fingerprint density at radius 3 is 2.07 bits per heavy atom. The molecule has 0 radical (unpaired) electrons. The van der Waals surface area contributed by atoms with Gasteiger partial charge in [-0.3, -0.25) is 13.9 Å². The molecule has 0 saturated heterocycles. The molecule has 0 fully saturated rings. The molecule has 8 nitrogen and oxygen atoms in total. The smallest absolute Gasteiger partial charge is 0.264 e. The van der Waals surface area contributed by atoms with E-state index in [4.69, 9.17) is 4.74 Å². The molecule has 1 N–H and O–H groups in total. The van der Waals surface area contributed by atoms with Crippen molar-refractivity contribution >= 4 is 27.5 Å². The van der Waals surface area contributed by atoms with Crippen LogP contribution < -0.4 is 14.4 Å². The minimum Gasteiger partial charge on any atom is -0.497 e. The molecular weight excluding hydrogens is 545 g/mol. The topological polar surface area (TPSA) is 96.0 Å². The van der Waals surface area contributed by atoms with E-state index in [1.165, 1.54) is 17.0 Å². The van der Waals surface area contributed by atoms with Crippen LogP contribution in [0.3, 0.4) is 0 Å². The van der Waals surface area contributed by atoms with Gasteiger partial charge in [-0.25, -0.2) is 12.8 Å². The molecule has 0 saturated carbocycles. The number of nitrogens with zero attached hydrogens (tertiary/aromatic N) is 2. The van der Waals surface area contributed by atoms with Crippen LogP contribution in [0.4, 0.5) is 10.1 Å². The zero-order valence-corrected chi connectivity index (χ0v) is 24.9. The van der Waals surface area contributed by atoms with Gasteiger partial charge in [-0.1, -0.05) is 43.7 Å². The second kappa shape index (κ2) is 14.1. The highest BCUT2D eigenvalue weighted by Gasteiger charge is 2.34. The monoisotopic (exact) mass is 583 g/mol.